The third-order valence-electron chi connectivity index (χ3n) is 4.81. The van der Waals surface area contributed by atoms with Crippen molar-refractivity contribution in [3.8, 4) is 5.75 Å². The van der Waals surface area contributed by atoms with Gasteiger partial charge < -0.3 is 10.1 Å². The minimum Gasteiger partial charge on any atom is -0.493 e. The van der Waals surface area contributed by atoms with Gasteiger partial charge in [0.2, 0.25) is 0 Å². The number of para-hydroxylation sites is 1. The van der Waals surface area contributed by atoms with E-state index in [0.717, 1.165) is 24.7 Å². The fourth-order valence-corrected chi connectivity index (χ4v) is 3.69. The molecule has 0 spiro atoms. The summed E-state index contributed by atoms with van der Waals surface area (Å²) in [6, 6.07) is 9.70. The van der Waals surface area contributed by atoms with Gasteiger partial charge in [-0.3, -0.25) is 0 Å². The van der Waals surface area contributed by atoms with E-state index < -0.39 is 0 Å². The van der Waals surface area contributed by atoms with Gasteiger partial charge in [0.05, 0.1) is 6.61 Å². The van der Waals surface area contributed by atoms with Crippen molar-refractivity contribution >= 4 is 0 Å². The average molecular weight is 259 g/mol. The first-order chi connectivity index (χ1) is 9.38. The molecular weight excluding hydrogens is 234 g/mol. The lowest BCUT2D eigenvalue weighted by atomic mass is 9.82. The van der Waals surface area contributed by atoms with E-state index in [0.29, 0.717) is 12.1 Å². The molecule has 0 radical (unpaired) electrons. The summed E-state index contributed by atoms with van der Waals surface area (Å²) in [4.78, 5) is 0. The predicted molar refractivity (Wildman–Crippen MR) is 78.5 cm³/mol. The van der Waals surface area contributed by atoms with E-state index in [4.69, 9.17) is 4.74 Å². The van der Waals surface area contributed by atoms with Crippen LogP contribution in [0.3, 0.4) is 0 Å². The van der Waals surface area contributed by atoms with E-state index in [-0.39, 0.29) is 0 Å². The molecule has 0 bridgehead atoms. The summed E-state index contributed by atoms with van der Waals surface area (Å²) in [5.74, 6) is 1.94. The highest BCUT2D eigenvalue weighted by molar-refractivity contribution is 5.37. The molecule has 0 amide bonds. The average Bonchev–Trinajstić information content (AvgIpc) is 2.48. The summed E-state index contributed by atoms with van der Waals surface area (Å²) in [6.45, 7) is 3.18. The Morgan fingerprint density at radius 2 is 2.00 bits per heavy atom. The first-order valence-corrected chi connectivity index (χ1v) is 7.86. The van der Waals surface area contributed by atoms with Crippen LogP contribution >= 0.6 is 0 Å². The summed E-state index contributed by atoms with van der Waals surface area (Å²) in [7, 11) is 0. The number of fused-ring (bicyclic) bond motifs is 1. The lowest BCUT2D eigenvalue weighted by molar-refractivity contribution is 0.199. The van der Waals surface area contributed by atoms with Crippen LogP contribution in [0.2, 0.25) is 0 Å². The first kappa shape index (κ1) is 13.0. The van der Waals surface area contributed by atoms with Gasteiger partial charge in [0.1, 0.15) is 5.75 Å². The van der Waals surface area contributed by atoms with Crippen molar-refractivity contribution in [2.45, 2.75) is 57.5 Å². The highest BCUT2D eigenvalue weighted by Gasteiger charge is 2.28. The van der Waals surface area contributed by atoms with Crippen molar-refractivity contribution in [1.82, 2.24) is 5.32 Å². The second kappa shape index (κ2) is 5.96. The Bertz CT molecular complexity index is 417. The second-order valence-electron chi connectivity index (χ2n) is 5.95. The van der Waals surface area contributed by atoms with E-state index in [9.17, 15) is 0 Å². The van der Waals surface area contributed by atoms with Crippen LogP contribution in [0, 0.1) is 5.92 Å². The van der Waals surface area contributed by atoms with Gasteiger partial charge in [-0.2, -0.15) is 0 Å². The van der Waals surface area contributed by atoms with E-state index in [2.05, 4.69) is 36.5 Å². The lowest BCUT2D eigenvalue weighted by Crippen LogP contribution is -2.41. The maximum atomic E-state index is 5.76. The van der Waals surface area contributed by atoms with E-state index in [1.54, 1.807) is 0 Å². The molecule has 104 valence electrons. The van der Waals surface area contributed by atoms with Crippen molar-refractivity contribution in [2.24, 2.45) is 5.92 Å². The third-order valence-corrected chi connectivity index (χ3v) is 4.81. The summed E-state index contributed by atoms with van der Waals surface area (Å²) in [6.07, 6.45) is 7.96. The van der Waals surface area contributed by atoms with Gasteiger partial charge in [0, 0.05) is 24.1 Å². The number of benzene rings is 1. The summed E-state index contributed by atoms with van der Waals surface area (Å²) in [5, 5.41) is 3.94. The molecule has 1 N–H and O–H groups in total. The molecule has 19 heavy (non-hydrogen) atoms. The number of hydrogen-bond acceptors (Lipinski definition) is 2. The van der Waals surface area contributed by atoms with Gasteiger partial charge in [0.15, 0.2) is 0 Å². The number of nitrogens with one attached hydrogen (secondary N) is 1. The minimum absolute atomic E-state index is 0.488. The van der Waals surface area contributed by atoms with E-state index in [1.807, 2.05) is 0 Å². The Kier molecular flexibility index (Phi) is 4.07. The highest BCUT2D eigenvalue weighted by Crippen LogP contribution is 2.34. The van der Waals surface area contributed by atoms with Gasteiger partial charge in [-0.15, -0.1) is 0 Å². The zero-order valence-electron chi connectivity index (χ0n) is 11.9. The van der Waals surface area contributed by atoms with Crippen LogP contribution in [0.4, 0.5) is 0 Å². The molecule has 1 aliphatic heterocycles. The number of rotatable bonds is 3. The van der Waals surface area contributed by atoms with Crippen LogP contribution in [-0.4, -0.2) is 12.6 Å². The maximum Gasteiger partial charge on any atom is 0.124 e. The zero-order valence-corrected chi connectivity index (χ0v) is 11.9. The van der Waals surface area contributed by atoms with Crippen molar-refractivity contribution in [3.63, 3.8) is 0 Å². The molecule has 3 rings (SSSR count). The molecule has 0 saturated heterocycles. The maximum absolute atomic E-state index is 5.76. The van der Waals surface area contributed by atoms with Crippen molar-refractivity contribution in [1.29, 1.82) is 0 Å². The van der Waals surface area contributed by atoms with Crippen molar-refractivity contribution in [3.05, 3.63) is 29.8 Å². The number of ether oxygens (including phenoxy) is 1. The lowest BCUT2D eigenvalue weighted by Gasteiger charge is -2.36. The Hall–Kier alpha value is -1.02. The molecule has 3 unspecified atom stereocenters. The standard InChI is InChI=1S/C17H25NO/c1-2-13-7-3-5-9-15(13)18-16-11-12-19-17-10-6-4-8-14(16)17/h4,6,8,10,13,15-16,18H,2-3,5,7,9,11-12H2,1H3. The van der Waals surface area contributed by atoms with Crippen LogP contribution in [0.15, 0.2) is 24.3 Å². The molecule has 2 aliphatic rings. The Labute approximate surface area is 116 Å². The summed E-state index contributed by atoms with van der Waals surface area (Å²) < 4.78 is 5.76. The van der Waals surface area contributed by atoms with Gasteiger partial charge in [-0.05, 0) is 24.8 Å². The van der Waals surface area contributed by atoms with Gasteiger partial charge in [0.25, 0.3) is 0 Å². The molecule has 2 heteroatoms. The van der Waals surface area contributed by atoms with Crippen LogP contribution in [0.5, 0.6) is 5.75 Å². The Morgan fingerprint density at radius 3 is 2.89 bits per heavy atom. The van der Waals surface area contributed by atoms with Gasteiger partial charge >= 0.3 is 0 Å². The molecule has 1 aromatic rings. The molecule has 1 aromatic carbocycles. The molecule has 2 nitrogen and oxygen atoms in total. The fourth-order valence-electron chi connectivity index (χ4n) is 3.69. The molecular formula is C17H25NO. The molecule has 0 aromatic heterocycles. The van der Waals surface area contributed by atoms with Crippen LogP contribution in [-0.2, 0) is 0 Å². The molecule has 1 aliphatic carbocycles. The van der Waals surface area contributed by atoms with E-state index >= 15 is 0 Å². The summed E-state index contributed by atoms with van der Waals surface area (Å²) in [5.41, 5.74) is 1.36. The SMILES string of the molecule is CCC1CCCCC1NC1CCOc2ccccc21. The molecule has 1 heterocycles. The highest BCUT2D eigenvalue weighted by atomic mass is 16.5. The van der Waals surface area contributed by atoms with Gasteiger partial charge in [-0.1, -0.05) is 44.4 Å². The molecule has 1 saturated carbocycles. The normalized spacial score (nSPS) is 30.5. The van der Waals surface area contributed by atoms with Crippen LogP contribution < -0.4 is 10.1 Å². The van der Waals surface area contributed by atoms with Gasteiger partial charge in [-0.25, -0.2) is 0 Å². The fraction of sp³-hybridized carbons (Fsp3) is 0.647. The third kappa shape index (κ3) is 2.79. The Balaban J connectivity index is 1.73. The first-order valence-electron chi connectivity index (χ1n) is 7.86. The smallest absolute Gasteiger partial charge is 0.124 e. The largest absolute Gasteiger partial charge is 0.493 e. The minimum atomic E-state index is 0.488. The van der Waals surface area contributed by atoms with Crippen molar-refractivity contribution in [2.75, 3.05) is 6.61 Å². The van der Waals surface area contributed by atoms with E-state index in [1.165, 1.54) is 37.7 Å². The summed E-state index contributed by atoms with van der Waals surface area (Å²) >= 11 is 0. The predicted octanol–water partition coefficient (Wildman–Crippen LogP) is 4.07. The Morgan fingerprint density at radius 1 is 1.16 bits per heavy atom. The topological polar surface area (TPSA) is 21.3 Å². The number of hydrogen-bond donors (Lipinski definition) is 1. The van der Waals surface area contributed by atoms with Crippen molar-refractivity contribution < 1.29 is 4.74 Å². The zero-order chi connectivity index (χ0) is 13.1. The molecule has 3 atom stereocenters. The monoisotopic (exact) mass is 259 g/mol. The second-order valence-corrected chi connectivity index (χ2v) is 5.95. The molecule has 1 fully saturated rings. The van der Waals surface area contributed by atoms with Crippen LogP contribution in [0.25, 0.3) is 0 Å². The van der Waals surface area contributed by atoms with Crippen LogP contribution in [0.1, 0.15) is 57.1 Å². The quantitative estimate of drug-likeness (QED) is 0.883.